The van der Waals surface area contributed by atoms with E-state index in [4.69, 9.17) is 11.6 Å². The van der Waals surface area contributed by atoms with E-state index in [0.29, 0.717) is 17.1 Å². The molecule has 27 heavy (non-hydrogen) atoms. The molecule has 3 aromatic rings. The number of hydrogen-bond donors (Lipinski definition) is 0. The number of benzene rings is 2. The van der Waals surface area contributed by atoms with Gasteiger partial charge >= 0.3 is 0 Å². The van der Waals surface area contributed by atoms with Crippen LogP contribution in [0.3, 0.4) is 0 Å². The summed E-state index contributed by atoms with van der Waals surface area (Å²) in [6.07, 6.45) is 6.58. The van der Waals surface area contributed by atoms with E-state index in [9.17, 15) is 4.79 Å². The normalized spacial score (nSPS) is 17.1. The van der Waals surface area contributed by atoms with Crippen molar-refractivity contribution in [3.05, 3.63) is 82.6 Å². The van der Waals surface area contributed by atoms with Crippen molar-refractivity contribution in [3.8, 4) is 0 Å². The van der Waals surface area contributed by atoms with E-state index < -0.39 is 0 Å². The maximum Gasteiger partial charge on any atom is 0.254 e. The molecule has 1 amide bonds. The first-order chi connectivity index (χ1) is 13.2. The summed E-state index contributed by atoms with van der Waals surface area (Å²) in [6.45, 7) is 1.36. The van der Waals surface area contributed by atoms with Crippen molar-refractivity contribution < 1.29 is 4.79 Å². The van der Waals surface area contributed by atoms with Crippen LogP contribution in [0.4, 0.5) is 0 Å². The molecule has 0 N–H and O–H groups in total. The SMILES string of the molecule is O=C(c1cccc(Cn2ccnn2)c1)N1CCCCC1c1cccc(Cl)c1. The topological polar surface area (TPSA) is 51.0 Å². The second kappa shape index (κ2) is 7.92. The molecule has 6 heteroatoms. The Balaban J connectivity index is 1.58. The summed E-state index contributed by atoms with van der Waals surface area (Å²) in [5.74, 6) is 0.0696. The molecule has 5 nitrogen and oxygen atoms in total. The molecule has 4 rings (SSSR count). The summed E-state index contributed by atoms with van der Waals surface area (Å²) >= 11 is 6.18. The molecule has 138 valence electrons. The van der Waals surface area contributed by atoms with E-state index in [0.717, 1.165) is 36.9 Å². The Morgan fingerprint density at radius 1 is 1.15 bits per heavy atom. The molecule has 0 spiro atoms. The van der Waals surface area contributed by atoms with Crippen LogP contribution >= 0.6 is 11.6 Å². The number of likely N-dealkylation sites (tertiary alicyclic amines) is 1. The van der Waals surface area contributed by atoms with Gasteiger partial charge in [0.05, 0.1) is 18.8 Å². The van der Waals surface area contributed by atoms with Gasteiger partial charge in [-0.1, -0.05) is 41.1 Å². The molecule has 0 bridgehead atoms. The fraction of sp³-hybridized carbons (Fsp3) is 0.286. The van der Waals surface area contributed by atoms with E-state index in [1.807, 2.05) is 53.6 Å². The third kappa shape index (κ3) is 4.03. The predicted octanol–water partition coefficient (Wildman–Crippen LogP) is 4.35. The Kier molecular flexibility index (Phi) is 5.21. The summed E-state index contributed by atoms with van der Waals surface area (Å²) < 4.78 is 1.75. The lowest BCUT2D eigenvalue weighted by Crippen LogP contribution is -2.38. The van der Waals surface area contributed by atoms with Gasteiger partial charge in [-0.3, -0.25) is 4.79 Å². The molecule has 1 aromatic heterocycles. The summed E-state index contributed by atoms with van der Waals surface area (Å²) in [4.78, 5) is 15.3. The molecule has 1 aliphatic heterocycles. The zero-order valence-electron chi connectivity index (χ0n) is 15.0. The van der Waals surface area contributed by atoms with Crippen molar-refractivity contribution in [1.29, 1.82) is 0 Å². The second-order valence-electron chi connectivity index (χ2n) is 6.87. The van der Waals surface area contributed by atoms with E-state index >= 15 is 0 Å². The molecule has 2 aromatic carbocycles. The van der Waals surface area contributed by atoms with Gasteiger partial charge in [0.25, 0.3) is 5.91 Å². The monoisotopic (exact) mass is 380 g/mol. The van der Waals surface area contributed by atoms with Crippen LogP contribution in [0.2, 0.25) is 5.02 Å². The molecule has 0 radical (unpaired) electrons. The predicted molar refractivity (Wildman–Crippen MR) is 105 cm³/mol. The number of carbonyl (C=O) groups is 1. The molecule has 2 heterocycles. The molecule has 1 unspecified atom stereocenters. The molecule has 1 saturated heterocycles. The highest BCUT2D eigenvalue weighted by Crippen LogP contribution is 2.33. The largest absolute Gasteiger partial charge is 0.332 e. The number of hydrogen-bond acceptors (Lipinski definition) is 3. The number of piperidine rings is 1. The summed E-state index contributed by atoms with van der Waals surface area (Å²) in [5.41, 5.74) is 2.85. The van der Waals surface area contributed by atoms with E-state index in [1.54, 1.807) is 10.9 Å². The lowest BCUT2D eigenvalue weighted by molar-refractivity contribution is 0.0611. The van der Waals surface area contributed by atoms with Crippen LogP contribution in [-0.2, 0) is 6.54 Å². The van der Waals surface area contributed by atoms with Crippen molar-refractivity contribution in [2.75, 3.05) is 6.54 Å². The van der Waals surface area contributed by atoms with Gasteiger partial charge in [-0.05, 0) is 54.7 Å². The van der Waals surface area contributed by atoms with Crippen molar-refractivity contribution >= 4 is 17.5 Å². The highest BCUT2D eigenvalue weighted by Gasteiger charge is 2.28. The Morgan fingerprint density at radius 2 is 2.04 bits per heavy atom. The molecule has 0 saturated carbocycles. The van der Waals surface area contributed by atoms with E-state index in [2.05, 4.69) is 16.4 Å². The minimum absolute atomic E-state index is 0.0696. The zero-order chi connectivity index (χ0) is 18.6. The maximum atomic E-state index is 13.3. The van der Waals surface area contributed by atoms with Crippen molar-refractivity contribution in [1.82, 2.24) is 19.9 Å². The van der Waals surface area contributed by atoms with Crippen molar-refractivity contribution in [3.63, 3.8) is 0 Å². The second-order valence-corrected chi connectivity index (χ2v) is 7.30. The number of aromatic nitrogens is 3. The summed E-state index contributed by atoms with van der Waals surface area (Å²) in [7, 11) is 0. The minimum Gasteiger partial charge on any atom is -0.332 e. The Morgan fingerprint density at radius 3 is 2.85 bits per heavy atom. The van der Waals surface area contributed by atoms with E-state index in [-0.39, 0.29) is 11.9 Å². The third-order valence-electron chi connectivity index (χ3n) is 4.99. The van der Waals surface area contributed by atoms with Crippen LogP contribution < -0.4 is 0 Å². The Bertz CT molecular complexity index is 925. The quantitative estimate of drug-likeness (QED) is 0.676. The molecular weight excluding hydrogens is 360 g/mol. The van der Waals surface area contributed by atoms with E-state index in [1.165, 1.54) is 0 Å². The van der Waals surface area contributed by atoms with Crippen LogP contribution in [-0.4, -0.2) is 32.3 Å². The van der Waals surface area contributed by atoms with Gasteiger partial charge in [0, 0.05) is 23.3 Å². The lowest BCUT2D eigenvalue weighted by atomic mass is 9.94. The average molecular weight is 381 g/mol. The number of rotatable bonds is 4. The van der Waals surface area contributed by atoms with Crippen LogP contribution in [0.1, 0.15) is 46.8 Å². The van der Waals surface area contributed by atoms with Crippen molar-refractivity contribution in [2.45, 2.75) is 31.8 Å². The fourth-order valence-electron chi connectivity index (χ4n) is 3.71. The number of nitrogens with zero attached hydrogens (tertiary/aromatic N) is 4. The van der Waals surface area contributed by atoms with Crippen LogP contribution in [0.15, 0.2) is 60.9 Å². The van der Waals surface area contributed by atoms with Gasteiger partial charge in [0.15, 0.2) is 0 Å². The number of halogens is 1. The van der Waals surface area contributed by atoms with Gasteiger partial charge in [0.2, 0.25) is 0 Å². The highest BCUT2D eigenvalue weighted by atomic mass is 35.5. The van der Waals surface area contributed by atoms with Gasteiger partial charge in [-0.15, -0.1) is 5.10 Å². The number of amides is 1. The fourth-order valence-corrected chi connectivity index (χ4v) is 3.91. The molecule has 1 aliphatic rings. The summed E-state index contributed by atoms with van der Waals surface area (Å²) in [5, 5.41) is 8.53. The van der Waals surface area contributed by atoms with Crippen LogP contribution in [0.5, 0.6) is 0 Å². The number of carbonyl (C=O) groups excluding carboxylic acids is 1. The molecule has 1 atom stereocenters. The Hall–Kier alpha value is -2.66. The summed E-state index contributed by atoms with van der Waals surface area (Å²) in [6, 6.07) is 15.7. The van der Waals surface area contributed by atoms with Crippen LogP contribution in [0.25, 0.3) is 0 Å². The van der Waals surface area contributed by atoms with Gasteiger partial charge in [-0.2, -0.15) is 0 Å². The standard InChI is InChI=1S/C21H21ClN4O/c22-19-8-4-6-17(14-19)20-9-1-2-11-26(20)21(27)18-7-3-5-16(13-18)15-25-12-10-23-24-25/h3-8,10,12-14,20H,1-2,9,11,15H2. The smallest absolute Gasteiger partial charge is 0.254 e. The molecular formula is C21H21ClN4O. The minimum atomic E-state index is 0.0696. The van der Waals surface area contributed by atoms with Gasteiger partial charge in [0.1, 0.15) is 0 Å². The van der Waals surface area contributed by atoms with Crippen molar-refractivity contribution in [2.24, 2.45) is 0 Å². The first-order valence-corrected chi connectivity index (χ1v) is 9.58. The lowest BCUT2D eigenvalue weighted by Gasteiger charge is -2.36. The Labute approximate surface area is 163 Å². The average Bonchev–Trinajstić information content (AvgIpc) is 3.21. The first kappa shape index (κ1) is 17.7. The van der Waals surface area contributed by atoms with Gasteiger partial charge in [-0.25, -0.2) is 4.68 Å². The highest BCUT2D eigenvalue weighted by molar-refractivity contribution is 6.30. The first-order valence-electron chi connectivity index (χ1n) is 9.20. The maximum absolute atomic E-state index is 13.3. The van der Waals surface area contributed by atoms with Gasteiger partial charge < -0.3 is 4.90 Å². The molecule has 0 aliphatic carbocycles. The third-order valence-corrected chi connectivity index (χ3v) is 5.22. The zero-order valence-corrected chi connectivity index (χ0v) is 15.7. The molecule has 1 fully saturated rings. The van der Waals surface area contributed by atoms with Crippen LogP contribution in [0, 0.1) is 0 Å².